The summed E-state index contributed by atoms with van der Waals surface area (Å²) in [5, 5.41) is 3.64. The topological polar surface area (TPSA) is 15.3 Å². The maximum atomic E-state index is 3.64. The van der Waals surface area contributed by atoms with Crippen molar-refractivity contribution in [3.8, 4) is 0 Å². The predicted molar refractivity (Wildman–Crippen MR) is 67.2 cm³/mol. The van der Waals surface area contributed by atoms with E-state index in [-0.39, 0.29) is 0 Å². The van der Waals surface area contributed by atoms with Crippen LogP contribution in [-0.4, -0.2) is 36.6 Å². The molecular formula is C13H28N2. The average molecular weight is 212 g/mol. The van der Waals surface area contributed by atoms with E-state index in [1.54, 1.807) is 0 Å². The van der Waals surface area contributed by atoms with Gasteiger partial charge in [-0.15, -0.1) is 0 Å². The molecule has 2 heteroatoms. The van der Waals surface area contributed by atoms with Crippen molar-refractivity contribution in [2.45, 2.75) is 59.0 Å². The van der Waals surface area contributed by atoms with Gasteiger partial charge in [-0.2, -0.15) is 0 Å². The summed E-state index contributed by atoms with van der Waals surface area (Å²) in [4.78, 5) is 2.68. The summed E-state index contributed by atoms with van der Waals surface area (Å²) >= 11 is 0. The minimum absolute atomic E-state index is 0.748. The smallest absolute Gasteiger partial charge is 0.0207 e. The quantitative estimate of drug-likeness (QED) is 0.728. The molecule has 2 nitrogen and oxygen atoms in total. The van der Waals surface area contributed by atoms with Crippen molar-refractivity contribution in [2.24, 2.45) is 5.92 Å². The van der Waals surface area contributed by atoms with E-state index in [2.05, 4.69) is 37.9 Å². The number of likely N-dealkylation sites (tertiary alicyclic amines) is 1. The van der Waals surface area contributed by atoms with E-state index in [1.807, 2.05) is 0 Å². The maximum Gasteiger partial charge on any atom is 0.0207 e. The lowest BCUT2D eigenvalue weighted by Gasteiger charge is -2.30. The first-order valence-electron chi connectivity index (χ1n) is 6.66. The lowest BCUT2D eigenvalue weighted by atomic mass is 10.0. The highest BCUT2D eigenvalue weighted by Gasteiger charge is 2.28. The largest absolute Gasteiger partial charge is 0.313 e. The Morgan fingerprint density at radius 3 is 2.60 bits per heavy atom. The lowest BCUT2D eigenvalue weighted by Crippen LogP contribution is -2.40. The van der Waals surface area contributed by atoms with Gasteiger partial charge in [-0.1, -0.05) is 27.7 Å². The predicted octanol–water partition coefficient (Wildman–Crippen LogP) is 2.49. The molecule has 0 aromatic rings. The summed E-state index contributed by atoms with van der Waals surface area (Å²) in [5.41, 5.74) is 0. The van der Waals surface area contributed by atoms with Crippen molar-refractivity contribution >= 4 is 0 Å². The average Bonchev–Trinajstić information content (AvgIpc) is 2.64. The van der Waals surface area contributed by atoms with Crippen LogP contribution in [0.4, 0.5) is 0 Å². The van der Waals surface area contributed by atoms with Crippen LogP contribution in [0.1, 0.15) is 47.0 Å². The lowest BCUT2D eigenvalue weighted by molar-refractivity contribution is 0.182. The molecule has 1 rings (SSSR count). The standard InChI is InChI=1S/C13H28N2/c1-5-8-14-12-7-9-15(10-12)13(6-2)11(3)4/h11-14H,5-10H2,1-4H3. The first-order chi connectivity index (χ1) is 7.19. The zero-order valence-electron chi connectivity index (χ0n) is 10.9. The Labute approximate surface area is 95.4 Å². The molecule has 2 atom stereocenters. The van der Waals surface area contributed by atoms with Crippen LogP contribution in [0.5, 0.6) is 0 Å². The first kappa shape index (κ1) is 13.0. The van der Waals surface area contributed by atoms with Gasteiger partial charge < -0.3 is 5.32 Å². The first-order valence-corrected chi connectivity index (χ1v) is 6.66. The molecule has 1 fully saturated rings. The highest BCUT2D eigenvalue weighted by atomic mass is 15.2. The summed E-state index contributed by atoms with van der Waals surface area (Å²) < 4.78 is 0. The van der Waals surface area contributed by atoms with E-state index in [0.29, 0.717) is 0 Å². The van der Waals surface area contributed by atoms with Gasteiger partial charge >= 0.3 is 0 Å². The van der Waals surface area contributed by atoms with Crippen LogP contribution in [0.15, 0.2) is 0 Å². The third-order valence-corrected chi connectivity index (χ3v) is 3.56. The van der Waals surface area contributed by atoms with E-state index in [1.165, 1.54) is 38.9 Å². The molecule has 1 saturated heterocycles. The molecule has 0 radical (unpaired) electrons. The molecule has 0 amide bonds. The number of nitrogens with one attached hydrogen (secondary N) is 1. The van der Waals surface area contributed by atoms with Gasteiger partial charge in [0.05, 0.1) is 0 Å². The van der Waals surface area contributed by atoms with Gasteiger partial charge in [-0.25, -0.2) is 0 Å². The van der Waals surface area contributed by atoms with Crippen LogP contribution in [0.3, 0.4) is 0 Å². The van der Waals surface area contributed by atoms with Gasteiger partial charge in [0.1, 0.15) is 0 Å². The SMILES string of the molecule is CCCNC1CCN(C(CC)C(C)C)C1. The van der Waals surface area contributed by atoms with Crippen LogP contribution in [0.2, 0.25) is 0 Å². The fraction of sp³-hybridized carbons (Fsp3) is 1.00. The van der Waals surface area contributed by atoms with Crippen LogP contribution in [0.25, 0.3) is 0 Å². The van der Waals surface area contributed by atoms with E-state index >= 15 is 0 Å². The molecule has 1 aliphatic rings. The summed E-state index contributed by atoms with van der Waals surface area (Å²) in [6.45, 7) is 13.0. The van der Waals surface area contributed by atoms with Crippen molar-refractivity contribution in [1.82, 2.24) is 10.2 Å². The van der Waals surface area contributed by atoms with Gasteiger partial charge in [0, 0.05) is 25.2 Å². The zero-order valence-corrected chi connectivity index (χ0v) is 10.9. The molecule has 2 unspecified atom stereocenters. The van der Waals surface area contributed by atoms with Gasteiger partial charge in [0.2, 0.25) is 0 Å². The van der Waals surface area contributed by atoms with E-state index in [4.69, 9.17) is 0 Å². The molecule has 1 heterocycles. The number of rotatable bonds is 6. The maximum absolute atomic E-state index is 3.64. The van der Waals surface area contributed by atoms with Crippen molar-refractivity contribution in [2.75, 3.05) is 19.6 Å². The molecule has 90 valence electrons. The van der Waals surface area contributed by atoms with Gasteiger partial charge in [-0.3, -0.25) is 4.90 Å². The summed E-state index contributed by atoms with van der Waals surface area (Å²) in [6, 6.07) is 1.54. The minimum atomic E-state index is 0.748. The second kappa shape index (κ2) is 6.49. The molecule has 0 aromatic heterocycles. The van der Waals surface area contributed by atoms with E-state index in [9.17, 15) is 0 Å². The zero-order chi connectivity index (χ0) is 11.3. The molecule has 1 N–H and O–H groups in total. The van der Waals surface area contributed by atoms with Crippen molar-refractivity contribution in [3.63, 3.8) is 0 Å². The highest BCUT2D eigenvalue weighted by Crippen LogP contribution is 2.20. The third kappa shape index (κ3) is 3.76. The monoisotopic (exact) mass is 212 g/mol. The number of nitrogens with zero attached hydrogens (tertiary/aromatic N) is 1. The fourth-order valence-electron chi connectivity index (χ4n) is 2.75. The van der Waals surface area contributed by atoms with Crippen LogP contribution in [0, 0.1) is 5.92 Å². The van der Waals surface area contributed by atoms with Crippen LogP contribution < -0.4 is 5.32 Å². The Balaban J connectivity index is 2.33. The number of hydrogen-bond donors (Lipinski definition) is 1. The van der Waals surface area contributed by atoms with Crippen molar-refractivity contribution in [1.29, 1.82) is 0 Å². The molecule has 0 spiro atoms. The van der Waals surface area contributed by atoms with Crippen LogP contribution in [-0.2, 0) is 0 Å². The highest BCUT2D eigenvalue weighted by molar-refractivity contribution is 4.85. The molecule has 1 aliphatic heterocycles. The third-order valence-electron chi connectivity index (χ3n) is 3.56. The van der Waals surface area contributed by atoms with E-state index in [0.717, 1.165) is 18.0 Å². The molecule has 15 heavy (non-hydrogen) atoms. The normalized spacial score (nSPS) is 25.0. The molecule has 0 aromatic carbocycles. The molecule has 0 aliphatic carbocycles. The minimum Gasteiger partial charge on any atom is -0.313 e. The number of hydrogen-bond acceptors (Lipinski definition) is 2. The summed E-state index contributed by atoms with van der Waals surface area (Å²) in [6.07, 6.45) is 3.87. The van der Waals surface area contributed by atoms with Crippen LogP contribution >= 0.6 is 0 Å². The Kier molecular flexibility index (Phi) is 5.62. The second-order valence-corrected chi connectivity index (χ2v) is 5.15. The van der Waals surface area contributed by atoms with Gasteiger partial charge in [0.25, 0.3) is 0 Å². The molecular weight excluding hydrogens is 184 g/mol. The summed E-state index contributed by atoms with van der Waals surface area (Å²) in [7, 11) is 0. The van der Waals surface area contributed by atoms with Gasteiger partial charge in [0.15, 0.2) is 0 Å². The van der Waals surface area contributed by atoms with Crippen molar-refractivity contribution < 1.29 is 0 Å². The van der Waals surface area contributed by atoms with E-state index < -0.39 is 0 Å². The Bertz CT molecular complexity index is 168. The Morgan fingerprint density at radius 2 is 2.07 bits per heavy atom. The van der Waals surface area contributed by atoms with Gasteiger partial charge in [-0.05, 0) is 31.7 Å². The second-order valence-electron chi connectivity index (χ2n) is 5.15. The Hall–Kier alpha value is -0.0800. The van der Waals surface area contributed by atoms with Crippen molar-refractivity contribution in [3.05, 3.63) is 0 Å². The molecule has 0 bridgehead atoms. The summed E-state index contributed by atoms with van der Waals surface area (Å²) in [5.74, 6) is 0.792. The molecule has 0 saturated carbocycles. The fourth-order valence-corrected chi connectivity index (χ4v) is 2.75. The Morgan fingerprint density at radius 1 is 1.33 bits per heavy atom.